The molecule has 6 heteroatoms. The van der Waals surface area contributed by atoms with Gasteiger partial charge in [-0.3, -0.25) is 14.7 Å². The number of carboxylic acid groups (broad SMARTS) is 1. The van der Waals surface area contributed by atoms with Gasteiger partial charge in [0.1, 0.15) is 5.54 Å². The zero-order chi connectivity index (χ0) is 13.3. The quantitative estimate of drug-likeness (QED) is 0.929. The van der Waals surface area contributed by atoms with E-state index >= 15 is 0 Å². The van der Waals surface area contributed by atoms with Crippen LogP contribution in [0, 0.1) is 0 Å². The average molecular weight is 289 g/mol. The number of carboxylic acids is 1. The minimum Gasteiger partial charge on any atom is -0.480 e. The molecule has 18 heavy (non-hydrogen) atoms. The van der Waals surface area contributed by atoms with Crippen LogP contribution < -0.4 is 0 Å². The van der Waals surface area contributed by atoms with Crippen molar-refractivity contribution >= 4 is 29.2 Å². The Morgan fingerprint density at radius 1 is 1.61 bits per heavy atom. The van der Waals surface area contributed by atoms with Crippen LogP contribution >= 0.6 is 23.2 Å². The Hall–Kier alpha value is -0.840. The van der Waals surface area contributed by atoms with Crippen molar-refractivity contribution in [3.8, 4) is 0 Å². The van der Waals surface area contributed by atoms with Crippen molar-refractivity contribution in [3.63, 3.8) is 0 Å². The van der Waals surface area contributed by atoms with E-state index in [1.807, 2.05) is 4.90 Å². The van der Waals surface area contributed by atoms with Crippen LogP contribution in [0.1, 0.15) is 25.5 Å². The second-order valence-electron chi connectivity index (χ2n) is 4.69. The molecule has 1 unspecified atom stereocenters. The van der Waals surface area contributed by atoms with Crippen LogP contribution in [0.5, 0.6) is 0 Å². The number of aromatic nitrogens is 1. The van der Waals surface area contributed by atoms with Crippen molar-refractivity contribution in [1.82, 2.24) is 9.88 Å². The van der Waals surface area contributed by atoms with Crippen LogP contribution in [-0.4, -0.2) is 33.0 Å². The standard InChI is InChI=1S/C12H14Cl2N2O2/c1-12(11(17)18)3-2-4-16(12)7-10-9(14)5-8(13)6-15-10/h5-6H,2-4,7H2,1H3,(H,17,18). The summed E-state index contributed by atoms with van der Waals surface area (Å²) in [4.78, 5) is 17.4. The number of nitrogens with zero attached hydrogens (tertiary/aromatic N) is 2. The number of carbonyl (C=O) groups is 1. The van der Waals surface area contributed by atoms with E-state index in [9.17, 15) is 9.90 Å². The van der Waals surface area contributed by atoms with Gasteiger partial charge >= 0.3 is 5.97 Å². The molecule has 1 fully saturated rings. The van der Waals surface area contributed by atoms with Gasteiger partial charge in [-0.15, -0.1) is 0 Å². The summed E-state index contributed by atoms with van der Waals surface area (Å²) in [6.07, 6.45) is 3.04. The van der Waals surface area contributed by atoms with Crippen LogP contribution in [0.3, 0.4) is 0 Å². The van der Waals surface area contributed by atoms with Crippen LogP contribution in [0.25, 0.3) is 0 Å². The predicted molar refractivity (Wildman–Crippen MR) is 69.9 cm³/mol. The van der Waals surface area contributed by atoms with Crippen molar-refractivity contribution in [2.24, 2.45) is 0 Å². The first-order valence-corrected chi connectivity index (χ1v) is 6.47. The summed E-state index contributed by atoms with van der Waals surface area (Å²) in [5, 5.41) is 10.3. The molecule has 2 heterocycles. The number of rotatable bonds is 3. The fraction of sp³-hybridized carbons (Fsp3) is 0.500. The van der Waals surface area contributed by atoms with Gasteiger partial charge in [0.15, 0.2) is 0 Å². The molecule has 1 atom stereocenters. The summed E-state index contributed by atoms with van der Waals surface area (Å²) in [5.74, 6) is -0.801. The maximum Gasteiger partial charge on any atom is 0.323 e. The van der Waals surface area contributed by atoms with E-state index < -0.39 is 11.5 Å². The lowest BCUT2D eigenvalue weighted by atomic mass is 9.99. The number of likely N-dealkylation sites (tertiary alicyclic amines) is 1. The molecule has 0 amide bonds. The first-order chi connectivity index (χ1) is 8.43. The third-order valence-electron chi connectivity index (χ3n) is 3.47. The first kappa shape index (κ1) is 13.6. The molecule has 0 saturated carbocycles. The number of pyridine rings is 1. The summed E-state index contributed by atoms with van der Waals surface area (Å²) in [5.41, 5.74) is -0.166. The van der Waals surface area contributed by atoms with Crippen molar-refractivity contribution in [2.45, 2.75) is 31.8 Å². The van der Waals surface area contributed by atoms with Gasteiger partial charge in [-0.1, -0.05) is 23.2 Å². The minimum atomic E-state index is -0.829. The van der Waals surface area contributed by atoms with E-state index in [0.717, 1.165) is 13.0 Å². The highest BCUT2D eigenvalue weighted by Gasteiger charge is 2.43. The van der Waals surface area contributed by atoms with Crippen LogP contribution in [0.2, 0.25) is 10.0 Å². The summed E-state index contributed by atoms with van der Waals surface area (Å²) < 4.78 is 0. The zero-order valence-corrected chi connectivity index (χ0v) is 11.5. The van der Waals surface area contributed by atoms with E-state index in [0.29, 0.717) is 28.7 Å². The lowest BCUT2D eigenvalue weighted by Gasteiger charge is -2.30. The fourth-order valence-corrected chi connectivity index (χ4v) is 2.69. The highest BCUT2D eigenvalue weighted by Crippen LogP contribution is 2.31. The molecule has 0 bridgehead atoms. The Kier molecular flexibility index (Phi) is 3.80. The van der Waals surface area contributed by atoms with Gasteiger partial charge in [-0.05, 0) is 32.4 Å². The first-order valence-electron chi connectivity index (χ1n) is 5.72. The topological polar surface area (TPSA) is 53.4 Å². The third-order valence-corrected chi connectivity index (χ3v) is 4.01. The monoisotopic (exact) mass is 288 g/mol. The average Bonchev–Trinajstić information content (AvgIpc) is 2.66. The Labute approximate surface area is 116 Å². The van der Waals surface area contributed by atoms with Crippen LogP contribution in [0.4, 0.5) is 0 Å². The summed E-state index contributed by atoms with van der Waals surface area (Å²) in [6, 6.07) is 1.62. The molecular weight excluding hydrogens is 275 g/mol. The largest absolute Gasteiger partial charge is 0.480 e. The lowest BCUT2D eigenvalue weighted by molar-refractivity contribution is -0.148. The maximum atomic E-state index is 11.3. The van der Waals surface area contributed by atoms with Crippen molar-refractivity contribution in [2.75, 3.05) is 6.54 Å². The Balaban J connectivity index is 2.21. The van der Waals surface area contributed by atoms with E-state index in [1.54, 1.807) is 13.0 Å². The predicted octanol–water partition coefficient (Wildman–Crippen LogP) is 2.83. The molecule has 0 aromatic carbocycles. The lowest BCUT2D eigenvalue weighted by Crippen LogP contribution is -2.47. The summed E-state index contributed by atoms with van der Waals surface area (Å²) >= 11 is 11.8. The van der Waals surface area contributed by atoms with Gasteiger partial charge in [-0.25, -0.2) is 0 Å². The van der Waals surface area contributed by atoms with Gasteiger partial charge in [-0.2, -0.15) is 0 Å². The SMILES string of the molecule is CC1(C(=O)O)CCCN1Cc1ncc(Cl)cc1Cl. The molecule has 4 nitrogen and oxygen atoms in total. The Bertz CT molecular complexity index is 481. The molecule has 0 spiro atoms. The highest BCUT2D eigenvalue weighted by atomic mass is 35.5. The zero-order valence-electron chi connectivity index (χ0n) is 9.99. The van der Waals surface area contributed by atoms with Crippen molar-refractivity contribution in [3.05, 3.63) is 28.0 Å². The van der Waals surface area contributed by atoms with Gasteiger partial charge in [0, 0.05) is 12.7 Å². The molecular formula is C12H14Cl2N2O2. The summed E-state index contributed by atoms with van der Waals surface area (Å²) in [6.45, 7) is 2.91. The minimum absolute atomic E-state index is 0.429. The number of halogens is 2. The van der Waals surface area contributed by atoms with E-state index in [-0.39, 0.29) is 0 Å². The van der Waals surface area contributed by atoms with Gasteiger partial charge < -0.3 is 5.11 Å². The molecule has 0 aliphatic carbocycles. The van der Waals surface area contributed by atoms with Gasteiger partial charge in [0.25, 0.3) is 0 Å². The fourth-order valence-electron chi connectivity index (χ4n) is 2.25. The second-order valence-corrected chi connectivity index (χ2v) is 5.53. The van der Waals surface area contributed by atoms with Gasteiger partial charge in [0.2, 0.25) is 0 Å². The molecule has 1 aromatic rings. The summed E-state index contributed by atoms with van der Waals surface area (Å²) in [7, 11) is 0. The molecule has 98 valence electrons. The smallest absolute Gasteiger partial charge is 0.323 e. The molecule has 1 aromatic heterocycles. The molecule has 1 aliphatic rings. The molecule has 1 saturated heterocycles. The van der Waals surface area contributed by atoms with E-state index in [2.05, 4.69) is 4.98 Å². The molecule has 2 rings (SSSR count). The van der Waals surface area contributed by atoms with Crippen molar-refractivity contribution < 1.29 is 9.90 Å². The maximum absolute atomic E-state index is 11.3. The van der Waals surface area contributed by atoms with Crippen molar-refractivity contribution in [1.29, 1.82) is 0 Å². The van der Waals surface area contributed by atoms with Crippen LogP contribution in [-0.2, 0) is 11.3 Å². The Morgan fingerprint density at radius 2 is 2.33 bits per heavy atom. The number of hydrogen-bond donors (Lipinski definition) is 1. The highest BCUT2D eigenvalue weighted by molar-refractivity contribution is 6.34. The molecule has 0 radical (unpaired) electrons. The van der Waals surface area contributed by atoms with E-state index in [1.165, 1.54) is 6.20 Å². The Morgan fingerprint density at radius 3 is 2.94 bits per heavy atom. The van der Waals surface area contributed by atoms with Gasteiger partial charge in [0.05, 0.1) is 15.7 Å². The molecule has 1 N–H and O–H groups in total. The number of aliphatic carboxylic acids is 1. The third kappa shape index (κ3) is 2.46. The van der Waals surface area contributed by atoms with Crippen LogP contribution in [0.15, 0.2) is 12.3 Å². The second kappa shape index (κ2) is 5.03. The van der Waals surface area contributed by atoms with E-state index in [4.69, 9.17) is 23.2 Å². The number of hydrogen-bond acceptors (Lipinski definition) is 3. The normalized spacial score (nSPS) is 24.4. The molecule has 1 aliphatic heterocycles.